The number of halogens is 1. The van der Waals surface area contributed by atoms with E-state index in [1.165, 1.54) is 18.8 Å². The molecular weight excluding hydrogens is 712 g/mol. The number of methoxy groups -OCH3 is 2. The summed E-state index contributed by atoms with van der Waals surface area (Å²) in [6.45, 7) is 6.86. The minimum atomic E-state index is -0.923. The van der Waals surface area contributed by atoms with Crippen molar-refractivity contribution in [1.29, 1.82) is 0 Å². The molecule has 0 amide bonds. The Morgan fingerprint density at radius 2 is 1.58 bits per heavy atom. The van der Waals surface area contributed by atoms with Gasteiger partial charge in [-0.05, 0) is 69.2 Å². The van der Waals surface area contributed by atoms with Crippen LogP contribution in [0.5, 0.6) is 23.0 Å². The van der Waals surface area contributed by atoms with E-state index in [-0.39, 0.29) is 44.4 Å². The van der Waals surface area contributed by atoms with Gasteiger partial charge in [-0.3, -0.25) is 9.36 Å². The van der Waals surface area contributed by atoms with Crippen molar-refractivity contribution >= 4 is 51.3 Å². The van der Waals surface area contributed by atoms with Crippen LogP contribution in [0.1, 0.15) is 44.9 Å². The van der Waals surface area contributed by atoms with Crippen LogP contribution in [0.25, 0.3) is 6.08 Å². The molecule has 2 heterocycles. The van der Waals surface area contributed by atoms with Crippen molar-refractivity contribution in [2.75, 3.05) is 47.3 Å². The third-order valence-corrected chi connectivity index (χ3v) is 8.56. The zero-order valence-electron chi connectivity index (χ0n) is 27.2. The first kappa shape index (κ1) is 36.2. The number of rotatable bonds is 14. The molecule has 0 saturated carbocycles. The van der Waals surface area contributed by atoms with E-state index in [1.54, 1.807) is 64.1 Å². The summed E-state index contributed by atoms with van der Waals surface area (Å²) in [5.74, 6) is -0.490. The summed E-state index contributed by atoms with van der Waals surface area (Å²) in [4.78, 5) is 56.0. The Morgan fingerprint density at radius 3 is 2.25 bits per heavy atom. The maximum Gasteiger partial charge on any atom is 0.344 e. The summed E-state index contributed by atoms with van der Waals surface area (Å²) in [6, 6.07) is 7.32. The lowest BCUT2D eigenvalue weighted by atomic mass is 9.95. The lowest BCUT2D eigenvalue weighted by Crippen LogP contribution is -2.40. The Balaban J connectivity index is 1.85. The van der Waals surface area contributed by atoms with Crippen LogP contribution >= 0.6 is 27.3 Å². The first-order valence-corrected chi connectivity index (χ1v) is 16.5. The summed E-state index contributed by atoms with van der Waals surface area (Å²) in [5, 5.41) is 0. The van der Waals surface area contributed by atoms with Crippen LogP contribution in [-0.4, -0.2) is 69.7 Å². The zero-order chi connectivity index (χ0) is 35.0. The Kier molecular flexibility index (Phi) is 12.4. The standard InChI is InChI=1S/C33H35BrN2O11S/c1-7-43-24-12-19(10-11-22(24)46-16-27(37)42-6)30-29(32(40)45-9-3)18(4)35-33-36(30)31(39)26(48-33)14-20-13-23(41-5)25(15-21(20)34)47-17-28(38)44-8-2/h10-15,30H,7-9,16-17H2,1-6H3/b26-14-/t30-/m1/s1. The zero-order valence-corrected chi connectivity index (χ0v) is 29.7. The van der Waals surface area contributed by atoms with Gasteiger partial charge in [-0.1, -0.05) is 33.3 Å². The highest BCUT2D eigenvalue weighted by molar-refractivity contribution is 9.10. The third-order valence-electron chi connectivity index (χ3n) is 6.89. The second-order valence-corrected chi connectivity index (χ2v) is 11.8. The highest BCUT2D eigenvalue weighted by Crippen LogP contribution is 2.37. The number of benzene rings is 2. The Hall–Kier alpha value is -4.63. The lowest BCUT2D eigenvalue weighted by molar-refractivity contribution is -0.145. The van der Waals surface area contributed by atoms with Crippen molar-refractivity contribution in [3.05, 3.63) is 76.9 Å². The molecular formula is C33H35BrN2O11S. The van der Waals surface area contributed by atoms with Gasteiger partial charge in [-0.25, -0.2) is 19.4 Å². The first-order valence-electron chi connectivity index (χ1n) is 14.9. The van der Waals surface area contributed by atoms with Gasteiger partial charge in [-0.15, -0.1) is 0 Å². The van der Waals surface area contributed by atoms with Gasteiger partial charge in [0.05, 0.1) is 55.9 Å². The number of hydrogen-bond donors (Lipinski definition) is 0. The van der Waals surface area contributed by atoms with Gasteiger partial charge >= 0.3 is 17.9 Å². The van der Waals surface area contributed by atoms with Crippen molar-refractivity contribution in [3.8, 4) is 23.0 Å². The summed E-state index contributed by atoms with van der Waals surface area (Å²) < 4.78 is 39.9. The normalized spacial score (nSPS) is 14.1. The Labute approximate surface area is 288 Å². The second kappa shape index (κ2) is 16.5. The van der Waals surface area contributed by atoms with E-state index in [9.17, 15) is 19.2 Å². The minimum absolute atomic E-state index is 0.118. The summed E-state index contributed by atoms with van der Waals surface area (Å²) >= 11 is 4.67. The molecule has 0 spiro atoms. The van der Waals surface area contributed by atoms with Crippen molar-refractivity contribution in [2.45, 2.75) is 33.7 Å². The van der Waals surface area contributed by atoms with Crippen LogP contribution in [0.3, 0.4) is 0 Å². The van der Waals surface area contributed by atoms with Gasteiger partial charge in [0.1, 0.15) is 0 Å². The van der Waals surface area contributed by atoms with Gasteiger partial charge < -0.3 is 33.2 Å². The van der Waals surface area contributed by atoms with Crippen LogP contribution < -0.4 is 33.8 Å². The molecule has 0 unspecified atom stereocenters. The highest BCUT2D eigenvalue weighted by Gasteiger charge is 2.34. The molecule has 1 aliphatic heterocycles. The fraction of sp³-hybridized carbons (Fsp3) is 0.364. The minimum Gasteiger partial charge on any atom is -0.493 e. The number of allylic oxidation sites excluding steroid dienone is 1. The number of hydrogen-bond acceptors (Lipinski definition) is 13. The second-order valence-electron chi connectivity index (χ2n) is 9.92. The Morgan fingerprint density at radius 1 is 0.896 bits per heavy atom. The van der Waals surface area contributed by atoms with Crippen molar-refractivity contribution < 1.29 is 47.5 Å². The maximum atomic E-state index is 14.2. The first-order chi connectivity index (χ1) is 23.1. The average molecular weight is 748 g/mol. The highest BCUT2D eigenvalue weighted by atomic mass is 79.9. The van der Waals surface area contributed by atoms with E-state index < -0.39 is 29.5 Å². The number of fused-ring (bicyclic) bond motifs is 1. The predicted octanol–water partition coefficient (Wildman–Crippen LogP) is 3.46. The molecule has 1 aromatic heterocycles. The molecule has 13 nitrogen and oxygen atoms in total. The molecule has 0 saturated heterocycles. The molecule has 0 N–H and O–H groups in total. The smallest absolute Gasteiger partial charge is 0.344 e. The van der Waals surface area contributed by atoms with Crippen molar-refractivity contribution in [3.63, 3.8) is 0 Å². The largest absolute Gasteiger partial charge is 0.493 e. The number of thiazole rings is 1. The van der Waals surface area contributed by atoms with Crippen LogP contribution in [-0.2, 0) is 28.6 Å². The number of esters is 3. The van der Waals surface area contributed by atoms with Crippen molar-refractivity contribution in [2.24, 2.45) is 4.99 Å². The molecule has 256 valence electrons. The van der Waals surface area contributed by atoms with E-state index in [2.05, 4.69) is 25.7 Å². The molecule has 2 aromatic carbocycles. The Bertz CT molecular complexity index is 1910. The summed E-state index contributed by atoms with van der Waals surface area (Å²) in [6.07, 6.45) is 1.67. The molecule has 0 bridgehead atoms. The van der Waals surface area contributed by atoms with Gasteiger partial charge in [0, 0.05) is 4.47 Å². The predicted molar refractivity (Wildman–Crippen MR) is 178 cm³/mol. The quantitative estimate of drug-likeness (QED) is 0.176. The number of nitrogens with zero attached hydrogens (tertiary/aromatic N) is 2. The van der Waals surface area contributed by atoms with Crippen LogP contribution in [0.2, 0.25) is 0 Å². The van der Waals surface area contributed by atoms with Gasteiger partial charge in [0.15, 0.2) is 41.0 Å². The van der Waals surface area contributed by atoms with Crippen LogP contribution in [0.15, 0.2) is 55.9 Å². The molecule has 48 heavy (non-hydrogen) atoms. The summed E-state index contributed by atoms with van der Waals surface area (Å²) in [5.41, 5.74) is 1.29. The topological polar surface area (TPSA) is 150 Å². The molecule has 4 rings (SSSR count). The fourth-order valence-corrected chi connectivity index (χ4v) is 6.27. The molecule has 0 fully saturated rings. The molecule has 3 aromatic rings. The number of carbonyl (C=O) groups is 3. The van der Waals surface area contributed by atoms with Crippen LogP contribution in [0, 0.1) is 0 Å². The van der Waals surface area contributed by atoms with E-state index in [0.717, 1.165) is 11.3 Å². The monoisotopic (exact) mass is 746 g/mol. The maximum absolute atomic E-state index is 14.2. The lowest BCUT2D eigenvalue weighted by Gasteiger charge is -2.25. The molecule has 15 heteroatoms. The third kappa shape index (κ3) is 8.08. The van der Waals surface area contributed by atoms with Crippen molar-refractivity contribution in [1.82, 2.24) is 4.57 Å². The number of aromatic nitrogens is 1. The fourth-order valence-electron chi connectivity index (χ4n) is 4.80. The van der Waals surface area contributed by atoms with Crippen LogP contribution in [0.4, 0.5) is 0 Å². The average Bonchev–Trinajstić information content (AvgIpc) is 3.37. The van der Waals surface area contributed by atoms with Gasteiger partial charge in [-0.2, -0.15) is 0 Å². The van der Waals surface area contributed by atoms with E-state index in [0.29, 0.717) is 47.9 Å². The molecule has 0 aliphatic carbocycles. The van der Waals surface area contributed by atoms with E-state index in [1.807, 2.05) is 0 Å². The van der Waals surface area contributed by atoms with E-state index >= 15 is 0 Å². The van der Waals surface area contributed by atoms with Gasteiger partial charge in [0.2, 0.25) is 0 Å². The molecule has 1 aliphatic rings. The van der Waals surface area contributed by atoms with Gasteiger partial charge in [0.25, 0.3) is 5.56 Å². The van der Waals surface area contributed by atoms with E-state index in [4.69, 9.17) is 28.4 Å². The molecule has 1 atom stereocenters. The SMILES string of the molecule is CCOC(=O)COc1cc(Br)c(/C=c2\sc3n(c2=O)[C@H](c2ccc(OCC(=O)OC)c(OCC)c2)C(C(=O)OCC)=C(C)N=3)cc1OC. The molecule has 0 radical (unpaired) electrons. The number of carbonyl (C=O) groups excluding carboxylic acids is 3. The number of ether oxygens (including phenoxy) is 7. The summed E-state index contributed by atoms with van der Waals surface area (Å²) in [7, 11) is 2.72.